The number of hydrogen-bond acceptors (Lipinski definition) is 6. The first-order chi connectivity index (χ1) is 25.7. The second-order valence-corrected chi connectivity index (χ2v) is 14.7. The standard InChI is InChI=1S/C45H50N8/c1-7-11-13-31(9-3)29-52-41(27-48)39(25-46)50-43(52)21-17-33-15-19-35-36-20-16-34(24-38(36)45(5,6)37(35)23-33)18-22-44-51-40(26-47)42(28-49)53(44)30-32(10-4)14-12-8-2/h15-24,31-32H,7-14,29-30H2,1-6H3/b21-17+,22-18+. The smallest absolute Gasteiger partial charge is 0.177 e. The molecule has 5 rings (SSSR count). The van der Waals surface area contributed by atoms with Crippen molar-refractivity contribution in [2.45, 2.75) is 111 Å². The molecule has 0 bridgehead atoms. The van der Waals surface area contributed by atoms with Crippen LogP contribution in [-0.2, 0) is 18.5 Å². The van der Waals surface area contributed by atoms with Gasteiger partial charge in [0.25, 0.3) is 0 Å². The van der Waals surface area contributed by atoms with Gasteiger partial charge in [0.2, 0.25) is 0 Å². The number of unbranched alkanes of at least 4 members (excludes halogenated alkanes) is 2. The molecule has 0 N–H and O–H groups in total. The van der Waals surface area contributed by atoms with Crippen molar-refractivity contribution in [3.63, 3.8) is 0 Å². The Labute approximate surface area is 315 Å². The predicted molar refractivity (Wildman–Crippen MR) is 212 cm³/mol. The molecule has 53 heavy (non-hydrogen) atoms. The van der Waals surface area contributed by atoms with Crippen LogP contribution in [0.4, 0.5) is 0 Å². The summed E-state index contributed by atoms with van der Waals surface area (Å²) in [6.07, 6.45) is 16.6. The molecule has 2 unspecified atom stereocenters. The van der Waals surface area contributed by atoms with Crippen LogP contribution >= 0.6 is 0 Å². The summed E-state index contributed by atoms with van der Waals surface area (Å²) in [5.74, 6) is 2.07. The first-order valence-corrected chi connectivity index (χ1v) is 19.1. The highest BCUT2D eigenvalue weighted by atomic mass is 15.1. The van der Waals surface area contributed by atoms with Gasteiger partial charge in [-0.1, -0.05) is 129 Å². The maximum Gasteiger partial charge on any atom is 0.177 e. The zero-order valence-electron chi connectivity index (χ0n) is 32.1. The van der Waals surface area contributed by atoms with Crippen LogP contribution in [0.5, 0.6) is 0 Å². The Morgan fingerprint density at radius 2 is 1.04 bits per heavy atom. The fourth-order valence-electron chi connectivity index (χ4n) is 7.62. The number of hydrogen-bond donors (Lipinski definition) is 0. The zero-order valence-corrected chi connectivity index (χ0v) is 32.1. The Bertz CT molecular complexity index is 2030. The number of rotatable bonds is 16. The molecule has 0 saturated heterocycles. The van der Waals surface area contributed by atoms with E-state index in [0.717, 1.165) is 62.5 Å². The molecule has 2 aromatic heterocycles. The van der Waals surface area contributed by atoms with Gasteiger partial charge < -0.3 is 9.13 Å². The molecule has 0 saturated carbocycles. The van der Waals surface area contributed by atoms with E-state index >= 15 is 0 Å². The molecule has 0 fully saturated rings. The number of benzene rings is 2. The van der Waals surface area contributed by atoms with Gasteiger partial charge in [-0.2, -0.15) is 21.0 Å². The van der Waals surface area contributed by atoms with E-state index in [1.807, 2.05) is 33.4 Å². The number of imidazole rings is 2. The Balaban J connectivity index is 1.43. The molecule has 0 radical (unpaired) electrons. The van der Waals surface area contributed by atoms with Crippen LogP contribution in [0.1, 0.15) is 150 Å². The minimum atomic E-state index is -0.263. The maximum absolute atomic E-state index is 9.94. The van der Waals surface area contributed by atoms with E-state index in [-0.39, 0.29) is 16.8 Å². The molecule has 270 valence electrons. The summed E-state index contributed by atoms with van der Waals surface area (Å²) < 4.78 is 3.84. The highest BCUT2D eigenvalue weighted by Crippen LogP contribution is 2.49. The second kappa shape index (κ2) is 17.2. The Morgan fingerprint density at radius 3 is 1.38 bits per heavy atom. The van der Waals surface area contributed by atoms with Gasteiger partial charge in [0.1, 0.15) is 35.9 Å². The van der Waals surface area contributed by atoms with Crippen molar-refractivity contribution in [1.82, 2.24) is 19.1 Å². The normalized spacial score (nSPS) is 14.0. The van der Waals surface area contributed by atoms with Gasteiger partial charge in [0.05, 0.1) is 0 Å². The summed E-state index contributed by atoms with van der Waals surface area (Å²) in [7, 11) is 0. The maximum atomic E-state index is 9.94. The lowest BCUT2D eigenvalue weighted by Gasteiger charge is -2.22. The Hall–Kier alpha value is -5.70. The second-order valence-electron chi connectivity index (χ2n) is 14.7. The fraction of sp³-hybridized carbons (Fsp3) is 0.422. The average molecular weight is 703 g/mol. The first-order valence-electron chi connectivity index (χ1n) is 19.1. The molecule has 4 aromatic rings. The van der Waals surface area contributed by atoms with Gasteiger partial charge in [-0.05, 0) is 70.2 Å². The molecule has 8 nitrogen and oxygen atoms in total. The molecule has 2 atom stereocenters. The Morgan fingerprint density at radius 1 is 0.623 bits per heavy atom. The third-order valence-electron chi connectivity index (χ3n) is 11.0. The third-order valence-corrected chi connectivity index (χ3v) is 11.0. The average Bonchev–Trinajstić information content (AvgIpc) is 3.78. The van der Waals surface area contributed by atoms with Crippen molar-refractivity contribution < 1.29 is 0 Å². The summed E-state index contributed by atoms with van der Waals surface area (Å²) in [5.41, 5.74) is 7.63. The van der Waals surface area contributed by atoms with Crippen molar-refractivity contribution in [3.05, 3.63) is 93.1 Å². The van der Waals surface area contributed by atoms with Crippen molar-refractivity contribution in [2.24, 2.45) is 11.8 Å². The minimum Gasteiger partial charge on any atom is -0.315 e. The molecule has 0 aliphatic heterocycles. The van der Waals surface area contributed by atoms with E-state index in [9.17, 15) is 21.0 Å². The fourth-order valence-corrected chi connectivity index (χ4v) is 7.62. The molecular formula is C45H50N8. The summed E-state index contributed by atoms with van der Waals surface area (Å²) in [5, 5.41) is 39.4. The summed E-state index contributed by atoms with van der Waals surface area (Å²) >= 11 is 0. The summed E-state index contributed by atoms with van der Waals surface area (Å²) in [4.78, 5) is 9.13. The van der Waals surface area contributed by atoms with E-state index in [1.54, 1.807) is 0 Å². The SMILES string of the molecule is CCCCC(CC)Cn1c(/C=C/c2ccc3c(c2)C(C)(C)c2cc(/C=C/c4nc(C#N)c(C#N)n4CC(CC)CCCC)ccc2-3)nc(C#N)c1C#N. The minimum absolute atomic E-state index is 0.171. The van der Waals surface area contributed by atoms with Crippen LogP contribution in [0, 0.1) is 57.2 Å². The van der Waals surface area contributed by atoms with Crippen molar-refractivity contribution >= 4 is 24.3 Å². The molecule has 2 heterocycles. The van der Waals surface area contributed by atoms with Gasteiger partial charge >= 0.3 is 0 Å². The zero-order chi connectivity index (χ0) is 38.1. The van der Waals surface area contributed by atoms with Crippen LogP contribution in [0.25, 0.3) is 35.4 Å². The van der Waals surface area contributed by atoms with Crippen LogP contribution in [0.15, 0.2) is 36.4 Å². The van der Waals surface area contributed by atoms with Crippen molar-refractivity contribution in [1.29, 1.82) is 21.0 Å². The van der Waals surface area contributed by atoms with Crippen LogP contribution in [-0.4, -0.2) is 19.1 Å². The molecule has 0 amide bonds. The first kappa shape index (κ1) is 38.5. The lowest BCUT2D eigenvalue weighted by molar-refractivity contribution is 0.388. The number of nitriles is 4. The largest absolute Gasteiger partial charge is 0.315 e. The van der Waals surface area contributed by atoms with E-state index in [2.05, 4.69) is 112 Å². The Kier molecular flexibility index (Phi) is 12.5. The highest BCUT2D eigenvalue weighted by Gasteiger charge is 2.35. The van der Waals surface area contributed by atoms with Crippen LogP contribution < -0.4 is 0 Å². The van der Waals surface area contributed by atoms with E-state index in [1.165, 1.54) is 22.3 Å². The van der Waals surface area contributed by atoms with Crippen molar-refractivity contribution in [2.75, 3.05) is 0 Å². The monoisotopic (exact) mass is 702 g/mol. The quantitative estimate of drug-likeness (QED) is 0.114. The highest BCUT2D eigenvalue weighted by molar-refractivity contribution is 5.84. The molecule has 0 spiro atoms. The lowest BCUT2D eigenvalue weighted by atomic mass is 9.81. The lowest BCUT2D eigenvalue weighted by Crippen LogP contribution is -2.15. The molecule has 1 aliphatic rings. The predicted octanol–water partition coefficient (Wildman–Crippen LogP) is 10.6. The van der Waals surface area contributed by atoms with E-state index < -0.39 is 0 Å². The summed E-state index contributed by atoms with van der Waals surface area (Å²) in [6.45, 7) is 14.6. The van der Waals surface area contributed by atoms with Crippen LogP contribution in [0.3, 0.4) is 0 Å². The topological polar surface area (TPSA) is 131 Å². The van der Waals surface area contributed by atoms with Crippen molar-refractivity contribution in [3.8, 4) is 35.4 Å². The number of nitrogens with zero attached hydrogens (tertiary/aromatic N) is 8. The molecule has 1 aliphatic carbocycles. The molecule has 2 aromatic carbocycles. The van der Waals surface area contributed by atoms with Gasteiger partial charge in [0.15, 0.2) is 22.8 Å². The number of aromatic nitrogens is 4. The third kappa shape index (κ3) is 8.04. The number of fused-ring (bicyclic) bond motifs is 3. The summed E-state index contributed by atoms with van der Waals surface area (Å²) in [6, 6.07) is 21.7. The van der Waals surface area contributed by atoms with Gasteiger partial charge in [0, 0.05) is 18.5 Å². The van der Waals surface area contributed by atoms with Gasteiger partial charge in [-0.3, -0.25) is 0 Å². The van der Waals surface area contributed by atoms with Crippen LogP contribution in [0.2, 0.25) is 0 Å². The molecular weight excluding hydrogens is 653 g/mol. The molecule has 8 heteroatoms. The van der Waals surface area contributed by atoms with E-state index in [4.69, 9.17) is 0 Å². The van der Waals surface area contributed by atoms with Gasteiger partial charge in [-0.25, -0.2) is 9.97 Å². The van der Waals surface area contributed by atoms with Gasteiger partial charge in [-0.15, -0.1) is 0 Å². The van der Waals surface area contributed by atoms with E-state index in [0.29, 0.717) is 48.0 Å².